The van der Waals surface area contributed by atoms with Gasteiger partial charge in [-0.25, -0.2) is 4.39 Å². The van der Waals surface area contributed by atoms with Crippen molar-refractivity contribution in [2.24, 2.45) is 10.8 Å². The number of nitrogens with two attached hydrogens (primary N) is 1. The van der Waals surface area contributed by atoms with E-state index in [2.05, 4.69) is 10.4 Å². The smallest absolute Gasteiger partial charge is 0.272 e. The molecule has 9 heteroatoms. The topological polar surface area (TPSA) is 87.8 Å². The molecule has 134 valence electrons. The van der Waals surface area contributed by atoms with Crippen molar-refractivity contribution in [1.29, 1.82) is 0 Å². The van der Waals surface area contributed by atoms with Gasteiger partial charge in [0.2, 0.25) is 5.91 Å². The number of carbonyl (C=O) groups excluding carboxylic acids is 2. The number of hydrogen-bond donors (Lipinski definition) is 2. The summed E-state index contributed by atoms with van der Waals surface area (Å²) in [6.07, 6.45) is 0.0106. The predicted octanol–water partition coefficient (Wildman–Crippen LogP) is 3.19. The van der Waals surface area contributed by atoms with Crippen LogP contribution in [0.2, 0.25) is 10.0 Å². The molecule has 2 aromatic carbocycles. The quantitative estimate of drug-likeness (QED) is 0.834. The molecule has 2 aromatic rings. The third-order valence-corrected chi connectivity index (χ3v) is 4.61. The van der Waals surface area contributed by atoms with Crippen molar-refractivity contribution in [3.05, 3.63) is 58.3 Å². The van der Waals surface area contributed by atoms with Crippen LogP contribution in [0, 0.1) is 5.82 Å². The Balaban J connectivity index is 1.86. The number of primary amides is 1. The maximum atomic E-state index is 13.1. The Morgan fingerprint density at radius 1 is 1.19 bits per heavy atom. The van der Waals surface area contributed by atoms with E-state index in [1.165, 1.54) is 29.3 Å². The Bertz CT molecular complexity index is 902. The molecule has 1 unspecified atom stereocenters. The molecular weight excluding hydrogens is 382 g/mol. The Hall–Kier alpha value is -2.64. The average Bonchev–Trinajstić information content (AvgIpc) is 3.05. The van der Waals surface area contributed by atoms with Gasteiger partial charge < -0.3 is 11.1 Å². The van der Waals surface area contributed by atoms with Crippen LogP contribution in [0.3, 0.4) is 0 Å². The van der Waals surface area contributed by atoms with Crippen molar-refractivity contribution in [1.82, 2.24) is 0 Å². The van der Waals surface area contributed by atoms with Gasteiger partial charge in [-0.2, -0.15) is 5.10 Å². The first-order chi connectivity index (χ1) is 12.4. The lowest BCUT2D eigenvalue weighted by Crippen LogP contribution is -2.39. The first-order valence-electron chi connectivity index (χ1n) is 7.54. The number of halogens is 3. The van der Waals surface area contributed by atoms with Crippen LogP contribution in [0.5, 0.6) is 0 Å². The zero-order valence-corrected chi connectivity index (χ0v) is 14.8. The molecule has 6 nitrogen and oxygen atoms in total. The van der Waals surface area contributed by atoms with E-state index in [1.807, 2.05) is 0 Å². The Labute approximate surface area is 158 Å². The van der Waals surface area contributed by atoms with E-state index in [1.54, 1.807) is 18.2 Å². The summed E-state index contributed by atoms with van der Waals surface area (Å²) in [7, 11) is 0. The average molecular weight is 395 g/mol. The van der Waals surface area contributed by atoms with Crippen molar-refractivity contribution >= 4 is 52.1 Å². The highest BCUT2D eigenvalue weighted by Gasteiger charge is 2.35. The first-order valence-corrected chi connectivity index (χ1v) is 8.29. The number of hydrazone groups is 1. The molecule has 0 bridgehead atoms. The molecule has 3 N–H and O–H groups in total. The summed E-state index contributed by atoms with van der Waals surface area (Å²) in [5.41, 5.74) is 6.27. The summed E-state index contributed by atoms with van der Waals surface area (Å²) < 4.78 is 13.1. The number of nitrogens with one attached hydrogen (secondary N) is 1. The fourth-order valence-electron chi connectivity index (χ4n) is 2.50. The van der Waals surface area contributed by atoms with Crippen LogP contribution in [-0.2, 0) is 9.59 Å². The zero-order chi connectivity index (χ0) is 18.8. The van der Waals surface area contributed by atoms with Crippen LogP contribution in [0.25, 0.3) is 0 Å². The van der Waals surface area contributed by atoms with Crippen molar-refractivity contribution in [3.8, 4) is 0 Å². The lowest BCUT2D eigenvalue weighted by Gasteiger charge is -2.20. The van der Waals surface area contributed by atoms with Gasteiger partial charge in [0.25, 0.3) is 5.91 Å². The van der Waals surface area contributed by atoms with Crippen LogP contribution >= 0.6 is 23.2 Å². The molecule has 0 saturated carbocycles. The van der Waals surface area contributed by atoms with E-state index < -0.39 is 23.7 Å². The third kappa shape index (κ3) is 3.63. The van der Waals surface area contributed by atoms with E-state index in [0.29, 0.717) is 16.4 Å². The molecule has 1 aliphatic rings. The van der Waals surface area contributed by atoms with Gasteiger partial charge in [-0.05, 0) is 36.4 Å². The second-order valence-corrected chi connectivity index (χ2v) is 6.33. The highest BCUT2D eigenvalue weighted by Crippen LogP contribution is 2.30. The molecule has 1 heterocycles. The predicted molar refractivity (Wildman–Crippen MR) is 99.0 cm³/mol. The summed E-state index contributed by atoms with van der Waals surface area (Å²) >= 11 is 12.0. The molecule has 26 heavy (non-hydrogen) atoms. The fraction of sp³-hybridized carbons (Fsp3) is 0.118. The molecule has 1 atom stereocenters. The van der Waals surface area contributed by atoms with Crippen molar-refractivity contribution in [2.75, 3.05) is 10.3 Å². The van der Waals surface area contributed by atoms with Gasteiger partial charge in [-0.3, -0.25) is 14.6 Å². The van der Waals surface area contributed by atoms with Crippen LogP contribution in [0.15, 0.2) is 47.6 Å². The molecule has 0 radical (unpaired) electrons. The summed E-state index contributed by atoms with van der Waals surface area (Å²) in [4.78, 5) is 24.2. The Morgan fingerprint density at radius 2 is 1.88 bits per heavy atom. The van der Waals surface area contributed by atoms with Crippen molar-refractivity contribution < 1.29 is 14.0 Å². The minimum absolute atomic E-state index is 0.0106. The number of rotatable bonds is 4. The lowest BCUT2D eigenvalue weighted by atomic mass is 10.1. The summed E-state index contributed by atoms with van der Waals surface area (Å²) in [6, 6.07) is 9.32. The van der Waals surface area contributed by atoms with Gasteiger partial charge in [0.15, 0.2) is 0 Å². The molecule has 0 aliphatic carbocycles. The van der Waals surface area contributed by atoms with Crippen LogP contribution in [-0.4, -0.2) is 23.6 Å². The summed E-state index contributed by atoms with van der Waals surface area (Å²) in [5, 5.41) is 8.58. The molecule has 0 saturated heterocycles. The van der Waals surface area contributed by atoms with Gasteiger partial charge in [0, 0.05) is 6.42 Å². The number of nitrogens with zero attached hydrogens (tertiary/aromatic N) is 2. The van der Waals surface area contributed by atoms with Gasteiger partial charge in [-0.1, -0.05) is 29.3 Å². The highest BCUT2D eigenvalue weighted by atomic mass is 35.5. The monoisotopic (exact) mass is 394 g/mol. The zero-order valence-electron chi connectivity index (χ0n) is 13.2. The molecule has 0 fully saturated rings. The molecule has 0 aromatic heterocycles. The molecular formula is C17H13Cl2FN4O2. The van der Waals surface area contributed by atoms with Gasteiger partial charge in [0.1, 0.15) is 17.6 Å². The van der Waals surface area contributed by atoms with Gasteiger partial charge in [-0.15, -0.1) is 0 Å². The number of carbonyl (C=O) groups is 2. The largest absolute Gasteiger partial charge is 0.368 e. The van der Waals surface area contributed by atoms with E-state index in [-0.39, 0.29) is 17.2 Å². The Kier molecular flexibility index (Phi) is 5.11. The standard InChI is InChI=1S/C17H13Cl2FN4O2/c18-11-2-1-3-12(15(11)19)22-17(26)13-8-14(16(21)25)24(23-13)10-6-4-9(20)5-7-10/h1-7,14H,8H2,(H2,21,25)(H,22,26). The van der Waals surface area contributed by atoms with E-state index in [4.69, 9.17) is 28.9 Å². The van der Waals surface area contributed by atoms with E-state index in [9.17, 15) is 14.0 Å². The summed E-state index contributed by atoms with van der Waals surface area (Å²) in [6.45, 7) is 0. The van der Waals surface area contributed by atoms with Crippen molar-refractivity contribution in [3.63, 3.8) is 0 Å². The van der Waals surface area contributed by atoms with Gasteiger partial charge >= 0.3 is 0 Å². The second kappa shape index (κ2) is 7.31. The Morgan fingerprint density at radius 3 is 2.54 bits per heavy atom. The second-order valence-electron chi connectivity index (χ2n) is 5.55. The number of benzene rings is 2. The lowest BCUT2D eigenvalue weighted by molar-refractivity contribution is -0.119. The number of amides is 2. The van der Waals surface area contributed by atoms with E-state index >= 15 is 0 Å². The normalized spacial score (nSPS) is 16.3. The molecule has 1 aliphatic heterocycles. The van der Waals surface area contributed by atoms with E-state index in [0.717, 1.165) is 0 Å². The fourth-order valence-corrected chi connectivity index (χ4v) is 2.84. The molecule has 2 amide bonds. The maximum absolute atomic E-state index is 13.1. The molecule has 3 rings (SSSR count). The minimum atomic E-state index is -0.851. The first kappa shape index (κ1) is 18.2. The number of anilines is 2. The van der Waals surface area contributed by atoms with Crippen LogP contribution in [0.1, 0.15) is 6.42 Å². The minimum Gasteiger partial charge on any atom is -0.368 e. The third-order valence-electron chi connectivity index (χ3n) is 3.79. The SMILES string of the molecule is NC(=O)C1CC(C(=O)Nc2cccc(Cl)c2Cl)=NN1c1ccc(F)cc1. The van der Waals surface area contributed by atoms with Gasteiger partial charge in [0.05, 0.1) is 21.4 Å². The maximum Gasteiger partial charge on any atom is 0.272 e. The highest BCUT2D eigenvalue weighted by molar-refractivity contribution is 6.47. The van der Waals surface area contributed by atoms with Crippen molar-refractivity contribution in [2.45, 2.75) is 12.5 Å². The van der Waals surface area contributed by atoms with Crippen LogP contribution < -0.4 is 16.1 Å². The van der Waals surface area contributed by atoms with Crippen LogP contribution in [0.4, 0.5) is 15.8 Å². The molecule has 0 spiro atoms. The number of hydrogen-bond acceptors (Lipinski definition) is 4. The summed E-state index contributed by atoms with van der Waals surface area (Å²) in [5.74, 6) is -1.62.